The van der Waals surface area contributed by atoms with Gasteiger partial charge in [-0.25, -0.2) is 0 Å². The Morgan fingerprint density at radius 2 is 1.67 bits per heavy atom. The predicted molar refractivity (Wildman–Crippen MR) is 74.7 cm³/mol. The Morgan fingerprint density at radius 3 is 2.33 bits per heavy atom. The Balaban J connectivity index is 2.25. The fourth-order valence-electron chi connectivity index (χ4n) is 1.73. The van der Waals surface area contributed by atoms with Gasteiger partial charge >= 0.3 is 0 Å². The second kappa shape index (κ2) is 4.92. The first-order valence-corrected chi connectivity index (χ1v) is 5.81. The first-order chi connectivity index (χ1) is 8.58. The molecule has 0 saturated heterocycles. The molecule has 0 radical (unpaired) electrons. The van der Waals surface area contributed by atoms with Crippen LogP contribution in [0.3, 0.4) is 0 Å². The molecule has 92 valence electrons. The van der Waals surface area contributed by atoms with Crippen LogP contribution in [0.2, 0.25) is 0 Å². The van der Waals surface area contributed by atoms with Crippen LogP contribution in [0.15, 0.2) is 42.5 Å². The summed E-state index contributed by atoms with van der Waals surface area (Å²) in [5.74, 6) is -0.148. The van der Waals surface area contributed by atoms with Gasteiger partial charge in [0, 0.05) is 5.56 Å². The van der Waals surface area contributed by atoms with Crippen molar-refractivity contribution >= 4 is 17.3 Å². The highest BCUT2D eigenvalue weighted by Gasteiger charge is 2.08. The lowest BCUT2D eigenvalue weighted by Gasteiger charge is -2.11. The second-order valence-electron chi connectivity index (χ2n) is 4.34. The second-order valence-corrected chi connectivity index (χ2v) is 4.34. The van der Waals surface area contributed by atoms with E-state index in [2.05, 4.69) is 5.32 Å². The van der Waals surface area contributed by atoms with Crippen molar-refractivity contribution in [3.8, 4) is 0 Å². The van der Waals surface area contributed by atoms with E-state index in [-0.39, 0.29) is 5.91 Å². The molecular formula is C15H16N2O. The van der Waals surface area contributed by atoms with Crippen molar-refractivity contribution in [1.82, 2.24) is 0 Å². The summed E-state index contributed by atoms with van der Waals surface area (Å²) in [4.78, 5) is 12.0. The average molecular weight is 240 g/mol. The van der Waals surface area contributed by atoms with E-state index >= 15 is 0 Å². The van der Waals surface area contributed by atoms with Gasteiger partial charge in [0.2, 0.25) is 0 Å². The Kier molecular flexibility index (Phi) is 3.33. The van der Waals surface area contributed by atoms with Gasteiger partial charge in [-0.1, -0.05) is 18.2 Å². The van der Waals surface area contributed by atoms with Crippen molar-refractivity contribution in [1.29, 1.82) is 0 Å². The molecule has 0 aromatic heterocycles. The number of carbonyl (C=O) groups excluding carboxylic acids is 1. The molecule has 3 N–H and O–H groups in total. The third-order valence-electron chi connectivity index (χ3n) is 2.95. The van der Waals surface area contributed by atoms with Gasteiger partial charge in [-0.3, -0.25) is 4.79 Å². The van der Waals surface area contributed by atoms with Crippen LogP contribution in [0.1, 0.15) is 21.5 Å². The predicted octanol–water partition coefficient (Wildman–Crippen LogP) is 3.14. The van der Waals surface area contributed by atoms with Crippen LogP contribution in [0.5, 0.6) is 0 Å². The summed E-state index contributed by atoms with van der Waals surface area (Å²) >= 11 is 0. The highest BCUT2D eigenvalue weighted by molar-refractivity contribution is 6.05. The number of hydrogen-bond donors (Lipinski definition) is 2. The quantitative estimate of drug-likeness (QED) is 0.792. The lowest BCUT2D eigenvalue weighted by molar-refractivity contribution is 0.102. The van der Waals surface area contributed by atoms with Crippen LogP contribution in [-0.2, 0) is 0 Å². The molecule has 0 aliphatic rings. The number of benzene rings is 2. The normalized spacial score (nSPS) is 10.1. The zero-order chi connectivity index (χ0) is 13.1. The number of nitrogens with one attached hydrogen (secondary N) is 1. The van der Waals surface area contributed by atoms with E-state index in [4.69, 9.17) is 5.73 Å². The third kappa shape index (κ3) is 2.51. The number of carbonyl (C=O) groups is 1. The maximum atomic E-state index is 12.0. The lowest BCUT2D eigenvalue weighted by Crippen LogP contribution is -2.13. The van der Waals surface area contributed by atoms with Gasteiger partial charge in [0.15, 0.2) is 0 Å². The summed E-state index contributed by atoms with van der Waals surface area (Å²) in [7, 11) is 0. The van der Waals surface area contributed by atoms with Crippen LogP contribution >= 0.6 is 0 Å². The molecule has 3 heteroatoms. The Morgan fingerprint density at radius 1 is 1.06 bits per heavy atom. The van der Waals surface area contributed by atoms with Crippen molar-refractivity contribution in [2.24, 2.45) is 0 Å². The van der Waals surface area contributed by atoms with Crippen molar-refractivity contribution in [3.63, 3.8) is 0 Å². The summed E-state index contributed by atoms with van der Waals surface area (Å²) in [6.45, 7) is 3.99. The summed E-state index contributed by atoms with van der Waals surface area (Å²) in [5.41, 5.74) is 9.99. The van der Waals surface area contributed by atoms with Crippen molar-refractivity contribution in [3.05, 3.63) is 59.2 Å². The highest BCUT2D eigenvalue weighted by atomic mass is 16.1. The Labute approximate surface area is 107 Å². The molecule has 2 aromatic carbocycles. The van der Waals surface area contributed by atoms with E-state index < -0.39 is 0 Å². The molecule has 0 saturated carbocycles. The maximum Gasteiger partial charge on any atom is 0.255 e. The van der Waals surface area contributed by atoms with Gasteiger partial charge in [0.25, 0.3) is 5.91 Å². The minimum atomic E-state index is -0.148. The molecule has 0 spiro atoms. The van der Waals surface area contributed by atoms with Gasteiger partial charge in [0.1, 0.15) is 0 Å². The summed E-state index contributed by atoms with van der Waals surface area (Å²) in [6.07, 6.45) is 0. The number of amides is 1. The number of hydrogen-bond acceptors (Lipinski definition) is 2. The van der Waals surface area contributed by atoms with Gasteiger partial charge in [-0.05, 0) is 49.2 Å². The molecule has 0 bridgehead atoms. The molecule has 0 atom stereocenters. The first-order valence-electron chi connectivity index (χ1n) is 5.81. The van der Waals surface area contributed by atoms with E-state index in [0.717, 1.165) is 11.1 Å². The molecule has 0 fully saturated rings. The largest absolute Gasteiger partial charge is 0.397 e. The first kappa shape index (κ1) is 12.2. The van der Waals surface area contributed by atoms with Crippen LogP contribution in [0.4, 0.5) is 11.4 Å². The number of aryl methyl sites for hydroxylation is 2. The van der Waals surface area contributed by atoms with Gasteiger partial charge in [0.05, 0.1) is 11.4 Å². The maximum absolute atomic E-state index is 12.0. The third-order valence-corrected chi connectivity index (χ3v) is 2.95. The van der Waals surface area contributed by atoms with Crippen LogP contribution in [0.25, 0.3) is 0 Å². The van der Waals surface area contributed by atoms with Crippen LogP contribution < -0.4 is 11.1 Å². The molecule has 0 heterocycles. The minimum Gasteiger partial charge on any atom is -0.397 e. The summed E-state index contributed by atoms with van der Waals surface area (Å²) < 4.78 is 0. The molecule has 1 amide bonds. The van der Waals surface area contributed by atoms with Crippen molar-refractivity contribution < 1.29 is 4.79 Å². The summed E-state index contributed by atoms with van der Waals surface area (Å²) in [5, 5.41) is 2.83. The van der Waals surface area contributed by atoms with Gasteiger partial charge in [-0.15, -0.1) is 0 Å². The van der Waals surface area contributed by atoms with E-state index in [1.54, 1.807) is 12.1 Å². The number of nitrogens with two attached hydrogens (primary N) is 1. The van der Waals surface area contributed by atoms with E-state index in [0.29, 0.717) is 16.9 Å². The fraction of sp³-hybridized carbons (Fsp3) is 0.133. The average Bonchev–Trinajstić information content (AvgIpc) is 2.37. The molecule has 2 rings (SSSR count). The van der Waals surface area contributed by atoms with Gasteiger partial charge < -0.3 is 11.1 Å². The molecule has 0 aliphatic carbocycles. The van der Waals surface area contributed by atoms with E-state index in [1.165, 1.54) is 0 Å². The molecule has 0 aliphatic heterocycles. The number of anilines is 2. The van der Waals surface area contributed by atoms with E-state index in [9.17, 15) is 4.79 Å². The summed E-state index contributed by atoms with van der Waals surface area (Å²) in [6, 6.07) is 12.8. The topological polar surface area (TPSA) is 55.1 Å². The minimum absolute atomic E-state index is 0.148. The van der Waals surface area contributed by atoms with E-state index in [1.807, 2.05) is 44.2 Å². The number of nitrogen functional groups attached to an aromatic ring is 1. The molecule has 3 nitrogen and oxygen atoms in total. The highest BCUT2D eigenvalue weighted by Crippen LogP contribution is 2.23. The molecular weight excluding hydrogens is 224 g/mol. The number of rotatable bonds is 2. The molecule has 2 aromatic rings. The standard InChI is InChI=1S/C15H16N2O/c1-10-8-13(16)14(9-11(10)2)17-15(18)12-6-4-3-5-7-12/h3-9H,16H2,1-2H3,(H,17,18). The van der Waals surface area contributed by atoms with Gasteiger partial charge in [-0.2, -0.15) is 0 Å². The lowest BCUT2D eigenvalue weighted by atomic mass is 10.1. The van der Waals surface area contributed by atoms with Crippen LogP contribution in [-0.4, -0.2) is 5.91 Å². The molecule has 0 unspecified atom stereocenters. The monoisotopic (exact) mass is 240 g/mol. The van der Waals surface area contributed by atoms with Crippen molar-refractivity contribution in [2.45, 2.75) is 13.8 Å². The van der Waals surface area contributed by atoms with Crippen LogP contribution in [0, 0.1) is 13.8 Å². The SMILES string of the molecule is Cc1cc(N)c(NC(=O)c2ccccc2)cc1C. The molecule has 18 heavy (non-hydrogen) atoms. The zero-order valence-corrected chi connectivity index (χ0v) is 10.5. The zero-order valence-electron chi connectivity index (χ0n) is 10.5. The van der Waals surface area contributed by atoms with Crippen molar-refractivity contribution in [2.75, 3.05) is 11.1 Å². The Bertz CT molecular complexity index is 577. The fourth-order valence-corrected chi connectivity index (χ4v) is 1.73. The smallest absolute Gasteiger partial charge is 0.255 e. The Hall–Kier alpha value is -2.29.